The van der Waals surface area contributed by atoms with E-state index in [1.807, 2.05) is 0 Å². The standard InChI is InChI=1S/C7H7F10O3P/c8-4(9,6(12,13)14)1-3(21(18,19)20)2-5(10,11)7(15,16)17/h3H,1-2H2,(H2,18,19,20). The molecular formula is C7H7F10O3P. The molecule has 0 aliphatic rings. The molecule has 3 nitrogen and oxygen atoms in total. The first-order valence-corrected chi connectivity index (χ1v) is 6.44. The zero-order valence-electron chi connectivity index (χ0n) is 9.52. The van der Waals surface area contributed by atoms with Crippen molar-refractivity contribution in [1.29, 1.82) is 0 Å². The van der Waals surface area contributed by atoms with Crippen LogP contribution >= 0.6 is 7.60 Å². The SMILES string of the molecule is O=P(O)(O)C(CC(F)(F)C(F)(F)F)CC(F)(F)C(F)(F)F. The predicted octanol–water partition coefficient (Wildman–Crippen LogP) is 3.71. The fourth-order valence-corrected chi connectivity index (χ4v) is 2.07. The molecule has 21 heavy (non-hydrogen) atoms. The Morgan fingerprint density at radius 2 is 0.952 bits per heavy atom. The molecule has 128 valence electrons. The highest BCUT2D eigenvalue weighted by atomic mass is 31.2. The molecule has 0 aliphatic carbocycles. The molecule has 2 N–H and O–H groups in total. The van der Waals surface area contributed by atoms with E-state index in [0.29, 0.717) is 0 Å². The van der Waals surface area contributed by atoms with Crippen molar-refractivity contribution >= 4 is 7.60 Å². The molecule has 0 aromatic carbocycles. The first kappa shape index (κ1) is 20.5. The lowest BCUT2D eigenvalue weighted by molar-refractivity contribution is -0.295. The van der Waals surface area contributed by atoms with Gasteiger partial charge in [-0.05, 0) is 0 Å². The highest BCUT2D eigenvalue weighted by Crippen LogP contribution is 2.54. The molecule has 0 unspecified atom stereocenters. The van der Waals surface area contributed by atoms with Gasteiger partial charge in [0.25, 0.3) is 0 Å². The lowest BCUT2D eigenvalue weighted by atomic mass is 10.1. The minimum atomic E-state index is -6.35. The largest absolute Gasteiger partial charge is 0.453 e. The summed E-state index contributed by atoms with van der Waals surface area (Å²) in [5, 5.41) is 0. The van der Waals surface area contributed by atoms with Gasteiger partial charge in [-0.3, -0.25) is 4.57 Å². The first-order valence-electron chi connectivity index (χ1n) is 4.75. The lowest BCUT2D eigenvalue weighted by Gasteiger charge is -2.29. The van der Waals surface area contributed by atoms with E-state index in [4.69, 9.17) is 9.79 Å². The molecular weight excluding hydrogens is 353 g/mol. The van der Waals surface area contributed by atoms with Crippen LogP contribution in [0, 0.1) is 0 Å². The van der Waals surface area contributed by atoms with Crippen LogP contribution in [0.25, 0.3) is 0 Å². The van der Waals surface area contributed by atoms with E-state index in [2.05, 4.69) is 0 Å². The summed E-state index contributed by atoms with van der Waals surface area (Å²) in [5.41, 5.74) is -3.52. The van der Waals surface area contributed by atoms with Crippen molar-refractivity contribution in [3.05, 3.63) is 0 Å². The monoisotopic (exact) mass is 360 g/mol. The van der Waals surface area contributed by atoms with Crippen LogP contribution in [-0.4, -0.2) is 39.6 Å². The zero-order valence-corrected chi connectivity index (χ0v) is 10.4. The highest BCUT2D eigenvalue weighted by Gasteiger charge is 2.64. The molecule has 0 amide bonds. The van der Waals surface area contributed by atoms with Crippen molar-refractivity contribution in [3.63, 3.8) is 0 Å². The summed E-state index contributed by atoms with van der Waals surface area (Å²) in [4.78, 5) is 16.9. The molecule has 0 radical (unpaired) electrons. The smallest absolute Gasteiger partial charge is 0.324 e. The Morgan fingerprint density at radius 3 is 1.10 bits per heavy atom. The lowest BCUT2D eigenvalue weighted by Crippen LogP contribution is -2.44. The van der Waals surface area contributed by atoms with Crippen LogP contribution in [0.4, 0.5) is 43.9 Å². The molecule has 0 atom stereocenters. The van der Waals surface area contributed by atoms with Gasteiger partial charge in [0.1, 0.15) is 0 Å². The molecule has 14 heteroatoms. The number of alkyl halides is 10. The average Bonchev–Trinajstić information content (AvgIpc) is 2.10. The Bertz CT molecular complexity index is 380. The third-order valence-corrected chi connectivity index (χ3v) is 3.61. The van der Waals surface area contributed by atoms with Gasteiger partial charge >= 0.3 is 31.8 Å². The topological polar surface area (TPSA) is 57.5 Å². The second-order valence-corrected chi connectivity index (χ2v) is 5.96. The van der Waals surface area contributed by atoms with Gasteiger partial charge in [-0.1, -0.05) is 0 Å². The molecule has 0 heterocycles. The molecule has 0 saturated carbocycles. The van der Waals surface area contributed by atoms with Crippen molar-refractivity contribution in [2.45, 2.75) is 42.7 Å². The second-order valence-electron chi connectivity index (χ2n) is 4.06. The van der Waals surface area contributed by atoms with Gasteiger partial charge in [-0.25, -0.2) is 0 Å². The Balaban J connectivity index is 5.44. The first-order chi connectivity index (χ1) is 8.81. The van der Waals surface area contributed by atoms with Gasteiger partial charge in [0, 0.05) is 12.8 Å². The summed E-state index contributed by atoms with van der Waals surface area (Å²) < 4.78 is 132. The Hall–Kier alpha value is -0.550. The van der Waals surface area contributed by atoms with Gasteiger partial charge in [0.05, 0.1) is 5.66 Å². The molecule has 0 fully saturated rings. The third-order valence-electron chi connectivity index (χ3n) is 2.29. The minimum absolute atomic E-state index is 2.90. The minimum Gasteiger partial charge on any atom is -0.324 e. The molecule has 0 aromatic heterocycles. The third kappa shape index (κ3) is 5.29. The van der Waals surface area contributed by atoms with Gasteiger partial charge < -0.3 is 9.79 Å². The van der Waals surface area contributed by atoms with E-state index in [0.717, 1.165) is 0 Å². The fraction of sp³-hybridized carbons (Fsp3) is 1.00. The van der Waals surface area contributed by atoms with Crippen LogP contribution in [0.2, 0.25) is 0 Å². The van der Waals surface area contributed by atoms with Gasteiger partial charge in [0.2, 0.25) is 0 Å². The van der Waals surface area contributed by atoms with Crippen LogP contribution in [-0.2, 0) is 4.57 Å². The van der Waals surface area contributed by atoms with Crippen LogP contribution in [0.3, 0.4) is 0 Å². The zero-order chi connectivity index (χ0) is 17.5. The van der Waals surface area contributed by atoms with Crippen molar-refractivity contribution in [2.75, 3.05) is 0 Å². The molecule has 0 aliphatic heterocycles. The fourth-order valence-electron chi connectivity index (χ4n) is 1.13. The number of hydrogen-bond donors (Lipinski definition) is 2. The van der Waals surface area contributed by atoms with Crippen LogP contribution in [0.1, 0.15) is 12.8 Å². The maximum absolute atomic E-state index is 12.6. The summed E-state index contributed by atoms with van der Waals surface area (Å²) in [6, 6.07) is 0. The van der Waals surface area contributed by atoms with Crippen LogP contribution < -0.4 is 0 Å². The molecule has 0 aromatic rings. The number of rotatable bonds is 5. The van der Waals surface area contributed by atoms with Gasteiger partial charge in [0.15, 0.2) is 0 Å². The van der Waals surface area contributed by atoms with Crippen molar-refractivity contribution in [1.82, 2.24) is 0 Å². The van der Waals surface area contributed by atoms with Crippen molar-refractivity contribution in [3.8, 4) is 0 Å². The van der Waals surface area contributed by atoms with E-state index >= 15 is 0 Å². The maximum Gasteiger partial charge on any atom is 0.453 e. The van der Waals surface area contributed by atoms with E-state index in [9.17, 15) is 48.5 Å². The van der Waals surface area contributed by atoms with Crippen molar-refractivity contribution < 1.29 is 58.3 Å². The summed E-state index contributed by atoms with van der Waals surface area (Å²) >= 11 is 0. The molecule has 0 saturated heterocycles. The number of halogens is 10. The summed E-state index contributed by atoms with van der Waals surface area (Å²) in [7, 11) is -6.07. The molecule has 0 rings (SSSR count). The maximum atomic E-state index is 12.6. The van der Waals surface area contributed by atoms with E-state index < -0.39 is 50.3 Å². The Kier molecular flexibility index (Phi) is 5.43. The quantitative estimate of drug-likeness (QED) is 0.581. The van der Waals surface area contributed by atoms with Crippen molar-refractivity contribution in [2.24, 2.45) is 0 Å². The van der Waals surface area contributed by atoms with Crippen LogP contribution in [0.5, 0.6) is 0 Å². The normalized spacial score (nSPS) is 15.7. The number of hydrogen-bond acceptors (Lipinski definition) is 1. The Labute approximate surface area is 110 Å². The van der Waals surface area contributed by atoms with Gasteiger partial charge in [-0.2, -0.15) is 43.9 Å². The predicted molar refractivity (Wildman–Crippen MR) is 47.1 cm³/mol. The summed E-state index contributed by atoms with van der Waals surface area (Å²) in [5.74, 6) is -11.7. The summed E-state index contributed by atoms with van der Waals surface area (Å²) in [6.07, 6.45) is -18.5. The van der Waals surface area contributed by atoms with E-state index in [1.54, 1.807) is 0 Å². The summed E-state index contributed by atoms with van der Waals surface area (Å²) in [6.45, 7) is 0. The Morgan fingerprint density at radius 1 is 0.714 bits per heavy atom. The van der Waals surface area contributed by atoms with E-state index in [1.165, 1.54) is 0 Å². The second kappa shape index (κ2) is 5.58. The average molecular weight is 360 g/mol. The van der Waals surface area contributed by atoms with Crippen LogP contribution in [0.15, 0.2) is 0 Å². The van der Waals surface area contributed by atoms with E-state index in [-0.39, 0.29) is 0 Å². The van der Waals surface area contributed by atoms with Gasteiger partial charge in [-0.15, -0.1) is 0 Å². The highest BCUT2D eigenvalue weighted by molar-refractivity contribution is 7.52. The molecule has 0 bridgehead atoms. The molecule has 0 spiro atoms.